The van der Waals surface area contributed by atoms with Gasteiger partial charge >= 0.3 is 0 Å². The fraction of sp³-hybridized carbons (Fsp3) is 0.562. The summed E-state index contributed by atoms with van der Waals surface area (Å²) in [6.45, 7) is 3.70. The molecule has 0 aromatic heterocycles. The van der Waals surface area contributed by atoms with Crippen LogP contribution in [0.1, 0.15) is 29.6 Å². The molecule has 1 unspecified atom stereocenters. The van der Waals surface area contributed by atoms with Gasteiger partial charge in [-0.25, -0.2) is 0 Å². The van der Waals surface area contributed by atoms with Gasteiger partial charge in [0, 0.05) is 31.8 Å². The fourth-order valence-electron chi connectivity index (χ4n) is 3.19. The Morgan fingerprint density at radius 3 is 2.45 bits per heavy atom. The van der Waals surface area contributed by atoms with Crippen LogP contribution in [0.3, 0.4) is 0 Å². The molecule has 1 N–H and O–H groups in total. The highest BCUT2D eigenvalue weighted by molar-refractivity contribution is 6.39. The summed E-state index contributed by atoms with van der Waals surface area (Å²) < 4.78 is 5.45. The molecule has 2 aliphatic heterocycles. The normalized spacial score (nSPS) is 23.6. The molecule has 0 radical (unpaired) electrons. The van der Waals surface area contributed by atoms with Crippen molar-refractivity contribution in [3.8, 4) is 0 Å². The predicted molar refractivity (Wildman–Crippen MR) is 87.7 cm³/mol. The van der Waals surface area contributed by atoms with Crippen molar-refractivity contribution >= 4 is 29.1 Å². The van der Waals surface area contributed by atoms with Crippen molar-refractivity contribution in [2.45, 2.75) is 31.3 Å². The van der Waals surface area contributed by atoms with Crippen LogP contribution in [0.5, 0.6) is 0 Å². The highest BCUT2D eigenvalue weighted by atomic mass is 35.5. The number of hydrogen-bond donors (Lipinski definition) is 1. The lowest BCUT2D eigenvalue weighted by atomic mass is 10.0. The second kappa shape index (κ2) is 7.18. The number of piperidine rings is 1. The summed E-state index contributed by atoms with van der Waals surface area (Å²) in [5.41, 5.74) is 0.373. The maximum absolute atomic E-state index is 12.4. The summed E-state index contributed by atoms with van der Waals surface area (Å²) in [5, 5.41) is 3.85. The van der Waals surface area contributed by atoms with Crippen LogP contribution in [-0.4, -0.2) is 49.2 Å². The quantitative estimate of drug-likeness (QED) is 0.917. The van der Waals surface area contributed by atoms with Crippen LogP contribution in [0.15, 0.2) is 18.2 Å². The number of carbonyl (C=O) groups excluding carboxylic acids is 1. The van der Waals surface area contributed by atoms with Crippen LogP contribution in [0.25, 0.3) is 0 Å². The Balaban J connectivity index is 1.55. The fourth-order valence-corrected chi connectivity index (χ4v) is 3.76. The number of benzene rings is 1. The van der Waals surface area contributed by atoms with E-state index in [1.807, 2.05) is 0 Å². The van der Waals surface area contributed by atoms with Crippen LogP contribution in [0.4, 0.5) is 0 Å². The summed E-state index contributed by atoms with van der Waals surface area (Å²) in [5.74, 6) is -0.182. The van der Waals surface area contributed by atoms with Crippen molar-refractivity contribution in [1.82, 2.24) is 10.2 Å². The molecule has 1 aromatic rings. The Morgan fingerprint density at radius 1 is 1.18 bits per heavy atom. The minimum Gasteiger partial charge on any atom is -0.380 e. The second-order valence-corrected chi connectivity index (χ2v) is 6.71. The zero-order valence-electron chi connectivity index (χ0n) is 12.4. The van der Waals surface area contributed by atoms with Crippen LogP contribution in [0.2, 0.25) is 10.0 Å². The highest BCUT2D eigenvalue weighted by Gasteiger charge is 2.28. The Hall–Kier alpha value is -0.810. The molecule has 1 aromatic carbocycles. The van der Waals surface area contributed by atoms with Gasteiger partial charge in [-0.15, -0.1) is 0 Å². The third-order valence-electron chi connectivity index (χ3n) is 4.48. The molecule has 0 bridgehead atoms. The largest absolute Gasteiger partial charge is 0.380 e. The molecular formula is C16H20Cl2N2O2. The van der Waals surface area contributed by atoms with Crippen LogP contribution < -0.4 is 5.32 Å². The number of amides is 1. The van der Waals surface area contributed by atoms with Gasteiger partial charge in [-0.1, -0.05) is 29.3 Å². The Labute approximate surface area is 140 Å². The lowest BCUT2D eigenvalue weighted by Crippen LogP contribution is -2.48. The second-order valence-electron chi connectivity index (χ2n) is 5.90. The van der Waals surface area contributed by atoms with E-state index in [2.05, 4.69) is 10.2 Å². The minimum atomic E-state index is -0.182. The van der Waals surface area contributed by atoms with E-state index >= 15 is 0 Å². The molecule has 2 fully saturated rings. The molecule has 22 heavy (non-hydrogen) atoms. The van der Waals surface area contributed by atoms with Gasteiger partial charge in [0.05, 0.1) is 22.2 Å². The van der Waals surface area contributed by atoms with E-state index < -0.39 is 0 Å². The summed E-state index contributed by atoms with van der Waals surface area (Å²) in [6, 6.07) is 5.84. The number of carbonyl (C=O) groups is 1. The Morgan fingerprint density at radius 2 is 1.86 bits per heavy atom. The Kier molecular flexibility index (Phi) is 5.24. The molecule has 6 heteroatoms. The van der Waals surface area contributed by atoms with Crippen molar-refractivity contribution in [1.29, 1.82) is 0 Å². The number of nitrogens with zero attached hydrogens (tertiary/aromatic N) is 1. The third kappa shape index (κ3) is 3.57. The topological polar surface area (TPSA) is 41.6 Å². The van der Waals surface area contributed by atoms with Crippen LogP contribution in [-0.2, 0) is 4.74 Å². The average Bonchev–Trinajstić information content (AvgIpc) is 3.02. The molecule has 1 amide bonds. The van der Waals surface area contributed by atoms with E-state index in [1.54, 1.807) is 18.2 Å². The number of likely N-dealkylation sites (tertiary alicyclic amines) is 1. The molecule has 4 nitrogen and oxygen atoms in total. The molecular weight excluding hydrogens is 323 g/mol. The lowest BCUT2D eigenvalue weighted by molar-refractivity contribution is 0.0875. The molecule has 0 aliphatic carbocycles. The number of rotatable bonds is 3. The lowest BCUT2D eigenvalue weighted by Gasteiger charge is -2.35. The predicted octanol–water partition coefficient (Wildman–Crippen LogP) is 2.98. The van der Waals surface area contributed by atoms with Crippen molar-refractivity contribution in [2.24, 2.45) is 0 Å². The summed E-state index contributed by atoms with van der Waals surface area (Å²) in [6.07, 6.45) is 3.01. The summed E-state index contributed by atoms with van der Waals surface area (Å²) in [7, 11) is 0. The van der Waals surface area contributed by atoms with Crippen molar-refractivity contribution in [3.05, 3.63) is 33.8 Å². The smallest absolute Gasteiger partial charge is 0.254 e. The van der Waals surface area contributed by atoms with Gasteiger partial charge in [-0.3, -0.25) is 9.69 Å². The molecule has 1 atom stereocenters. The van der Waals surface area contributed by atoms with Crippen molar-refractivity contribution in [3.63, 3.8) is 0 Å². The molecule has 2 aliphatic rings. The summed E-state index contributed by atoms with van der Waals surface area (Å²) in [4.78, 5) is 14.8. The maximum atomic E-state index is 12.4. The first kappa shape index (κ1) is 16.1. The summed E-state index contributed by atoms with van der Waals surface area (Å²) >= 11 is 12.2. The zero-order chi connectivity index (χ0) is 15.5. The zero-order valence-corrected chi connectivity index (χ0v) is 13.9. The van der Waals surface area contributed by atoms with E-state index in [9.17, 15) is 4.79 Å². The Bertz CT molecular complexity index is 519. The SMILES string of the molecule is O=C(NC1CCN(C2CCOC2)CC1)c1c(Cl)cccc1Cl. The van der Waals surface area contributed by atoms with E-state index in [0.717, 1.165) is 45.6 Å². The van der Waals surface area contributed by atoms with Gasteiger partial charge in [0.1, 0.15) is 0 Å². The number of hydrogen-bond acceptors (Lipinski definition) is 3. The average molecular weight is 343 g/mol. The number of halogens is 2. The van der Waals surface area contributed by atoms with Gasteiger partial charge in [-0.05, 0) is 31.4 Å². The molecule has 3 rings (SSSR count). The van der Waals surface area contributed by atoms with E-state index in [4.69, 9.17) is 27.9 Å². The standard InChI is InChI=1S/C16H20Cl2N2O2/c17-13-2-1-3-14(18)15(13)16(21)19-11-4-7-20(8-5-11)12-6-9-22-10-12/h1-3,11-12H,4-10H2,(H,19,21). The molecule has 2 heterocycles. The van der Waals surface area contributed by atoms with Gasteiger partial charge in [-0.2, -0.15) is 0 Å². The number of nitrogens with one attached hydrogen (secondary N) is 1. The van der Waals surface area contributed by atoms with E-state index in [-0.39, 0.29) is 11.9 Å². The van der Waals surface area contributed by atoms with Crippen molar-refractivity contribution in [2.75, 3.05) is 26.3 Å². The first-order valence-corrected chi connectivity index (χ1v) is 8.47. The van der Waals surface area contributed by atoms with E-state index in [0.29, 0.717) is 21.7 Å². The monoisotopic (exact) mass is 342 g/mol. The molecule has 0 saturated carbocycles. The molecule has 120 valence electrons. The van der Waals surface area contributed by atoms with Crippen LogP contribution in [0, 0.1) is 0 Å². The van der Waals surface area contributed by atoms with Gasteiger partial charge in [0.25, 0.3) is 5.91 Å². The third-order valence-corrected chi connectivity index (χ3v) is 5.11. The van der Waals surface area contributed by atoms with Gasteiger partial charge in [0.15, 0.2) is 0 Å². The maximum Gasteiger partial charge on any atom is 0.254 e. The first-order valence-electron chi connectivity index (χ1n) is 7.72. The number of ether oxygens (including phenoxy) is 1. The van der Waals surface area contributed by atoms with Gasteiger partial charge < -0.3 is 10.1 Å². The van der Waals surface area contributed by atoms with Crippen molar-refractivity contribution < 1.29 is 9.53 Å². The highest BCUT2D eigenvalue weighted by Crippen LogP contribution is 2.25. The molecule has 2 saturated heterocycles. The van der Waals surface area contributed by atoms with Gasteiger partial charge in [0.2, 0.25) is 0 Å². The first-order chi connectivity index (χ1) is 10.6. The molecule has 0 spiro atoms. The van der Waals surface area contributed by atoms with E-state index in [1.165, 1.54) is 0 Å². The van der Waals surface area contributed by atoms with Crippen LogP contribution >= 0.6 is 23.2 Å². The minimum absolute atomic E-state index is 0.179.